The van der Waals surface area contributed by atoms with Crippen molar-refractivity contribution in [3.63, 3.8) is 0 Å². The summed E-state index contributed by atoms with van der Waals surface area (Å²) < 4.78 is 18.3. The van der Waals surface area contributed by atoms with Gasteiger partial charge in [-0.05, 0) is 36.3 Å². The molecule has 0 fully saturated rings. The van der Waals surface area contributed by atoms with Crippen LogP contribution in [0.2, 0.25) is 0 Å². The molecule has 2 aromatic heterocycles. The van der Waals surface area contributed by atoms with Gasteiger partial charge in [-0.25, -0.2) is 4.39 Å². The van der Waals surface area contributed by atoms with Crippen LogP contribution in [0.4, 0.5) is 10.3 Å². The van der Waals surface area contributed by atoms with E-state index in [9.17, 15) is 19.3 Å². The first-order chi connectivity index (χ1) is 12.5. The molecule has 3 aromatic rings. The quantitative estimate of drug-likeness (QED) is 0.572. The first-order valence-electron chi connectivity index (χ1n) is 8.02. The standard InChI is InChI=1S/C18H14FN3O4/c19-12-1-2-13-14(10-20-15(13)9-12)11-5-7-21(8-6-11)18(23)16-3-4-17(26-16)22(24)25/h1-5,9-10,20H,6-8H2. The lowest BCUT2D eigenvalue weighted by molar-refractivity contribution is -0.402. The molecule has 0 aliphatic carbocycles. The van der Waals surface area contributed by atoms with E-state index >= 15 is 0 Å². The van der Waals surface area contributed by atoms with Crippen molar-refractivity contribution in [3.8, 4) is 0 Å². The first-order valence-corrected chi connectivity index (χ1v) is 8.02. The van der Waals surface area contributed by atoms with Crippen LogP contribution < -0.4 is 0 Å². The highest BCUT2D eigenvalue weighted by molar-refractivity contribution is 5.95. The predicted molar refractivity (Wildman–Crippen MR) is 92.1 cm³/mol. The molecular formula is C18H14FN3O4. The molecule has 1 aromatic carbocycles. The third-order valence-electron chi connectivity index (χ3n) is 4.47. The molecule has 1 N–H and O–H groups in total. The molecule has 0 spiro atoms. The SMILES string of the molecule is O=C(c1ccc([N+](=O)[O-])o1)N1CC=C(c2c[nH]c3cc(F)ccc23)CC1. The summed E-state index contributed by atoms with van der Waals surface area (Å²) in [6, 6.07) is 7.08. The van der Waals surface area contributed by atoms with Gasteiger partial charge in [-0.15, -0.1) is 0 Å². The highest BCUT2D eigenvalue weighted by atomic mass is 19.1. The number of hydrogen-bond acceptors (Lipinski definition) is 4. The second-order valence-electron chi connectivity index (χ2n) is 6.02. The van der Waals surface area contributed by atoms with Crippen LogP contribution in [0.25, 0.3) is 16.5 Å². The Hall–Kier alpha value is -3.42. The zero-order valence-corrected chi connectivity index (χ0v) is 13.6. The number of nitrogens with one attached hydrogen (secondary N) is 1. The Kier molecular flexibility index (Phi) is 3.80. The Morgan fingerprint density at radius 1 is 1.31 bits per heavy atom. The number of furan rings is 1. The van der Waals surface area contributed by atoms with Crippen LogP contribution in [0.15, 0.2) is 47.0 Å². The molecule has 0 unspecified atom stereocenters. The fraction of sp³-hybridized carbons (Fsp3) is 0.167. The molecule has 0 atom stereocenters. The van der Waals surface area contributed by atoms with Crippen molar-refractivity contribution in [1.82, 2.24) is 9.88 Å². The average Bonchev–Trinajstić information content (AvgIpc) is 3.28. The van der Waals surface area contributed by atoms with Crippen molar-refractivity contribution >= 4 is 28.3 Å². The van der Waals surface area contributed by atoms with Gasteiger partial charge in [-0.2, -0.15) is 0 Å². The summed E-state index contributed by atoms with van der Waals surface area (Å²) in [6.45, 7) is 0.837. The van der Waals surface area contributed by atoms with Crippen LogP contribution in [0, 0.1) is 15.9 Å². The van der Waals surface area contributed by atoms with E-state index in [1.54, 1.807) is 11.0 Å². The van der Waals surface area contributed by atoms with Gasteiger partial charge in [0.2, 0.25) is 0 Å². The van der Waals surface area contributed by atoms with Crippen LogP contribution in [0.3, 0.4) is 0 Å². The van der Waals surface area contributed by atoms with E-state index in [-0.39, 0.29) is 17.5 Å². The molecule has 0 radical (unpaired) electrons. The summed E-state index contributed by atoms with van der Waals surface area (Å²) in [5, 5.41) is 11.6. The van der Waals surface area contributed by atoms with Gasteiger partial charge in [-0.1, -0.05) is 6.08 Å². The van der Waals surface area contributed by atoms with Gasteiger partial charge in [0, 0.05) is 35.8 Å². The van der Waals surface area contributed by atoms with Crippen molar-refractivity contribution in [3.05, 3.63) is 69.9 Å². The van der Waals surface area contributed by atoms with E-state index < -0.39 is 10.8 Å². The maximum atomic E-state index is 13.3. The number of aromatic nitrogens is 1. The fourth-order valence-corrected chi connectivity index (χ4v) is 3.16. The van der Waals surface area contributed by atoms with Crippen molar-refractivity contribution in [2.45, 2.75) is 6.42 Å². The maximum absolute atomic E-state index is 13.3. The molecule has 0 bridgehead atoms. The Morgan fingerprint density at radius 3 is 2.85 bits per heavy atom. The zero-order chi connectivity index (χ0) is 18.3. The van der Waals surface area contributed by atoms with Gasteiger partial charge in [0.25, 0.3) is 5.91 Å². The normalized spacial score (nSPS) is 14.5. The Labute approximate surface area is 146 Å². The molecule has 1 aliphatic rings. The lowest BCUT2D eigenvalue weighted by atomic mass is 9.99. The van der Waals surface area contributed by atoms with Crippen molar-refractivity contribution in [2.75, 3.05) is 13.1 Å². The number of amides is 1. The number of carbonyl (C=O) groups excluding carboxylic acids is 1. The van der Waals surface area contributed by atoms with Crippen molar-refractivity contribution in [2.24, 2.45) is 0 Å². The van der Waals surface area contributed by atoms with Crippen molar-refractivity contribution < 1.29 is 18.5 Å². The molecular weight excluding hydrogens is 341 g/mol. The molecule has 132 valence electrons. The summed E-state index contributed by atoms with van der Waals surface area (Å²) in [5.74, 6) is -1.18. The van der Waals surface area contributed by atoms with E-state index in [1.807, 2.05) is 12.3 Å². The smallest absolute Gasteiger partial charge is 0.395 e. The van der Waals surface area contributed by atoms with Crippen LogP contribution in [-0.4, -0.2) is 33.8 Å². The van der Waals surface area contributed by atoms with E-state index in [1.165, 1.54) is 24.3 Å². The molecule has 1 aliphatic heterocycles. The van der Waals surface area contributed by atoms with Crippen LogP contribution in [0.5, 0.6) is 0 Å². The molecule has 0 saturated carbocycles. The van der Waals surface area contributed by atoms with Gasteiger partial charge >= 0.3 is 5.88 Å². The van der Waals surface area contributed by atoms with Gasteiger partial charge < -0.3 is 14.3 Å². The summed E-state index contributed by atoms with van der Waals surface area (Å²) >= 11 is 0. The molecule has 3 heterocycles. The van der Waals surface area contributed by atoms with E-state index in [0.717, 1.165) is 22.0 Å². The van der Waals surface area contributed by atoms with Gasteiger partial charge in [0.15, 0.2) is 5.76 Å². The third-order valence-corrected chi connectivity index (χ3v) is 4.47. The topological polar surface area (TPSA) is 92.4 Å². The lowest BCUT2D eigenvalue weighted by Crippen LogP contribution is -2.34. The van der Waals surface area contributed by atoms with E-state index in [0.29, 0.717) is 19.5 Å². The Balaban J connectivity index is 1.53. The molecule has 0 saturated heterocycles. The fourth-order valence-electron chi connectivity index (χ4n) is 3.16. The number of benzene rings is 1. The number of hydrogen-bond donors (Lipinski definition) is 1. The van der Waals surface area contributed by atoms with Gasteiger partial charge in [-0.3, -0.25) is 14.9 Å². The average molecular weight is 355 g/mol. The molecule has 7 nitrogen and oxygen atoms in total. The predicted octanol–water partition coefficient (Wildman–Crippen LogP) is 3.74. The lowest BCUT2D eigenvalue weighted by Gasteiger charge is -2.25. The molecule has 1 amide bonds. The maximum Gasteiger partial charge on any atom is 0.433 e. The Bertz CT molecular complexity index is 1050. The Morgan fingerprint density at radius 2 is 2.15 bits per heavy atom. The van der Waals surface area contributed by atoms with Gasteiger partial charge in [0.05, 0.1) is 6.07 Å². The monoisotopic (exact) mass is 355 g/mol. The minimum Gasteiger partial charge on any atom is -0.395 e. The molecule has 4 rings (SSSR count). The summed E-state index contributed by atoms with van der Waals surface area (Å²) in [4.78, 5) is 27.0. The molecule has 26 heavy (non-hydrogen) atoms. The number of fused-ring (bicyclic) bond motifs is 1. The number of nitrogens with zero attached hydrogens (tertiary/aromatic N) is 2. The van der Waals surface area contributed by atoms with Crippen LogP contribution in [-0.2, 0) is 0 Å². The van der Waals surface area contributed by atoms with E-state index in [2.05, 4.69) is 4.98 Å². The third kappa shape index (κ3) is 2.75. The number of nitro groups is 1. The number of carbonyl (C=O) groups is 1. The molecule has 8 heteroatoms. The second kappa shape index (κ2) is 6.14. The minimum atomic E-state index is -0.676. The van der Waals surface area contributed by atoms with Crippen LogP contribution >= 0.6 is 0 Å². The van der Waals surface area contributed by atoms with Crippen LogP contribution in [0.1, 0.15) is 22.5 Å². The highest BCUT2D eigenvalue weighted by Gasteiger charge is 2.24. The number of rotatable bonds is 3. The number of H-pyrrole nitrogens is 1. The van der Waals surface area contributed by atoms with Gasteiger partial charge in [0.1, 0.15) is 10.7 Å². The second-order valence-corrected chi connectivity index (χ2v) is 6.02. The zero-order valence-electron chi connectivity index (χ0n) is 13.6. The number of aromatic amines is 1. The van der Waals surface area contributed by atoms with Crippen molar-refractivity contribution in [1.29, 1.82) is 0 Å². The summed E-state index contributed by atoms with van der Waals surface area (Å²) in [7, 11) is 0. The minimum absolute atomic E-state index is 0.0453. The summed E-state index contributed by atoms with van der Waals surface area (Å²) in [6.07, 6.45) is 4.40. The highest BCUT2D eigenvalue weighted by Crippen LogP contribution is 2.30. The first kappa shape index (κ1) is 16.1. The number of halogens is 1. The van der Waals surface area contributed by atoms with E-state index in [4.69, 9.17) is 4.42 Å². The largest absolute Gasteiger partial charge is 0.433 e. The summed E-state index contributed by atoms with van der Waals surface area (Å²) in [5.41, 5.74) is 2.78.